The van der Waals surface area contributed by atoms with Crippen molar-refractivity contribution in [2.24, 2.45) is 18.9 Å². The Hall–Kier alpha value is -3.22. The lowest BCUT2D eigenvalue weighted by atomic mass is 9.84. The molecule has 1 fully saturated rings. The fourth-order valence-electron chi connectivity index (χ4n) is 6.36. The summed E-state index contributed by atoms with van der Waals surface area (Å²) in [4.78, 5) is 27.3. The first-order chi connectivity index (χ1) is 16.8. The molecule has 1 aliphatic heterocycles. The van der Waals surface area contributed by atoms with Crippen LogP contribution in [0.25, 0.3) is 11.0 Å². The van der Waals surface area contributed by atoms with Gasteiger partial charge in [0.2, 0.25) is 5.91 Å². The molecule has 184 valence electrons. The SMILES string of the molecule is CCCC(C)C(=O)N1CCC2Cc3ccc(C(CC(=O)O)c4ccc5c(nnn5C)c4C)cc3C21. The maximum absolute atomic E-state index is 13.3. The second-order valence-electron chi connectivity index (χ2n) is 10.4. The molecule has 0 spiro atoms. The summed E-state index contributed by atoms with van der Waals surface area (Å²) in [6.07, 6.45) is 3.92. The molecular weight excluding hydrogens is 440 g/mol. The summed E-state index contributed by atoms with van der Waals surface area (Å²) in [5, 5.41) is 18.3. The molecule has 0 saturated carbocycles. The highest BCUT2D eigenvalue weighted by molar-refractivity contribution is 5.81. The Labute approximate surface area is 206 Å². The van der Waals surface area contributed by atoms with Gasteiger partial charge in [0.15, 0.2) is 0 Å². The lowest BCUT2D eigenvalue weighted by Gasteiger charge is -2.28. The first-order valence-corrected chi connectivity index (χ1v) is 12.7. The van der Waals surface area contributed by atoms with Gasteiger partial charge in [0.1, 0.15) is 5.52 Å². The number of aromatic nitrogens is 3. The Morgan fingerprint density at radius 1 is 1.23 bits per heavy atom. The summed E-state index contributed by atoms with van der Waals surface area (Å²) in [7, 11) is 1.86. The molecule has 3 aromatic rings. The molecule has 7 nitrogen and oxygen atoms in total. The number of likely N-dealkylation sites (tertiary alicyclic amines) is 1. The molecule has 5 rings (SSSR count). The van der Waals surface area contributed by atoms with Crippen molar-refractivity contribution in [3.8, 4) is 0 Å². The number of nitrogens with zero attached hydrogens (tertiary/aromatic N) is 4. The van der Waals surface area contributed by atoms with Gasteiger partial charge in [-0.15, -0.1) is 5.10 Å². The maximum atomic E-state index is 13.3. The average Bonchev–Trinajstić information content (AvgIpc) is 3.51. The molecule has 0 radical (unpaired) electrons. The van der Waals surface area contributed by atoms with E-state index in [1.165, 1.54) is 11.1 Å². The lowest BCUT2D eigenvalue weighted by molar-refractivity contribution is -0.137. The van der Waals surface area contributed by atoms with Crippen LogP contribution in [0.4, 0.5) is 0 Å². The van der Waals surface area contributed by atoms with Crippen molar-refractivity contribution in [2.75, 3.05) is 6.54 Å². The van der Waals surface area contributed by atoms with Crippen LogP contribution in [0.1, 0.15) is 79.3 Å². The third kappa shape index (κ3) is 4.01. The van der Waals surface area contributed by atoms with Gasteiger partial charge >= 0.3 is 5.97 Å². The van der Waals surface area contributed by atoms with Gasteiger partial charge in [0.05, 0.1) is 18.0 Å². The molecule has 2 aromatic carbocycles. The van der Waals surface area contributed by atoms with Crippen LogP contribution in [0.15, 0.2) is 30.3 Å². The normalized spacial score (nSPS) is 20.6. The monoisotopic (exact) mass is 474 g/mol. The Balaban J connectivity index is 1.54. The van der Waals surface area contributed by atoms with Crippen LogP contribution < -0.4 is 0 Å². The van der Waals surface area contributed by atoms with Gasteiger partial charge < -0.3 is 10.0 Å². The van der Waals surface area contributed by atoms with Crippen LogP contribution in [-0.4, -0.2) is 43.4 Å². The third-order valence-corrected chi connectivity index (χ3v) is 8.16. The molecule has 35 heavy (non-hydrogen) atoms. The van der Waals surface area contributed by atoms with E-state index >= 15 is 0 Å². The first kappa shape index (κ1) is 23.5. The number of fused-ring (bicyclic) bond motifs is 4. The van der Waals surface area contributed by atoms with Crippen molar-refractivity contribution in [1.82, 2.24) is 19.9 Å². The van der Waals surface area contributed by atoms with Crippen molar-refractivity contribution in [2.45, 2.75) is 64.8 Å². The highest BCUT2D eigenvalue weighted by atomic mass is 16.4. The summed E-state index contributed by atoms with van der Waals surface area (Å²) in [6.45, 7) is 6.97. The van der Waals surface area contributed by atoms with Crippen molar-refractivity contribution in [1.29, 1.82) is 0 Å². The molecule has 0 bridgehead atoms. The fraction of sp³-hybridized carbons (Fsp3) is 0.500. The number of amides is 1. The van der Waals surface area contributed by atoms with E-state index in [1.54, 1.807) is 4.68 Å². The highest BCUT2D eigenvalue weighted by Gasteiger charge is 2.44. The molecule has 1 amide bonds. The second kappa shape index (κ2) is 9.10. The Kier molecular flexibility index (Phi) is 6.11. The number of carbonyl (C=O) groups excluding carboxylic acids is 1. The van der Waals surface area contributed by atoms with E-state index < -0.39 is 5.97 Å². The van der Waals surface area contributed by atoms with Crippen LogP contribution in [0.2, 0.25) is 0 Å². The van der Waals surface area contributed by atoms with E-state index in [2.05, 4.69) is 40.3 Å². The summed E-state index contributed by atoms with van der Waals surface area (Å²) in [6, 6.07) is 10.5. The zero-order valence-electron chi connectivity index (χ0n) is 21.0. The molecule has 1 N–H and O–H groups in total. The van der Waals surface area contributed by atoms with Crippen molar-refractivity contribution in [3.63, 3.8) is 0 Å². The highest BCUT2D eigenvalue weighted by Crippen LogP contribution is 2.48. The molecule has 2 aliphatic rings. The van der Waals surface area contributed by atoms with E-state index in [9.17, 15) is 14.7 Å². The number of carboxylic acid groups (broad SMARTS) is 1. The van der Waals surface area contributed by atoms with E-state index in [-0.39, 0.29) is 30.2 Å². The summed E-state index contributed by atoms with van der Waals surface area (Å²) >= 11 is 0. The van der Waals surface area contributed by atoms with Crippen molar-refractivity contribution in [3.05, 3.63) is 58.1 Å². The van der Waals surface area contributed by atoms with E-state index in [4.69, 9.17) is 0 Å². The predicted octanol–water partition coefficient (Wildman–Crippen LogP) is 4.77. The first-order valence-electron chi connectivity index (χ1n) is 12.7. The number of rotatable bonds is 7. The zero-order valence-corrected chi connectivity index (χ0v) is 21.0. The van der Waals surface area contributed by atoms with E-state index in [0.29, 0.717) is 5.92 Å². The second-order valence-corrected chi connectivity index (χ2v) is 10.4. The van der Waals surface area contributed by atoms with Gasteiger partial charge in [0, 0.05) is 25.4 Å². The quantitative estimate of drug-likeness (QED) is 0.533. The van der Waals surface area contributed by atoms with E-state index in [1.807, 2.05) is 33.0 Å². The topological polar surface area (TPSA) is 88.3 Å². The van der Waals surface area contributed by atoms with Crippen LogP contribution in [0.5, 0.6) is 0 Å². The molecule has 1 aliphatic carbocycles. The van der Waals surface area contributed by atoms with Crippen molar-refractivity contribution < 1.29 is 14.7 Å². The van der Waals surface area contributed by atoms with Crippen LogP contribution >= 0.6 is 0 Å². The standard InChI is InChI=1S/C28H34N4O3/c1-5-6-16(2)28(35)32-12-11-20-13-18-7-8-19(14-23(18)27(20)32)22(15-25(33)34)21-9-10-24-26(17(21)3)29-30-31(24)4/h7-10,14,16,20,22,27H,5-6,11-13,15H2,1-4H3,(H,33,34). The molecule has 2 heterocycles. The van der Waals surface area contributed by atoms with Gasteiger partial charge in [-0.25, -0.2) is 4.68 Å². The Morgan fingerprint density at radius 2 is 2.03 bits per heavy atom. The average molecular weight is 475 g/mol. The molecular formula is C28H34N4O3. The van der Waals surface area contributed by atoms with Gasteiger partial charge in [-0.2, -0.15) is 0 Å². The largest absolute Gasteiger partial charge is 0.481 e. The number of benzene rings is 2. The Bertz CT molecular complexity index is 1300. The molecule has 1 aromatic heterocycles. The van der Waals surface area contributed by atoms with Gasteiger partial charge in [0.25, 0.3) is 0 Å². The van der Waals surface area contributed by atoms with Crippen LogP contribution in [-0.2, 0) is 23.1 Å². The zero-order chi connectivity index (χ0) is 24.9. The predicted molar refractivity (Wildman–Crippen MR) is 134 cm³/mol. The maximum Gasteiger partial charge on any atom is 0.304 e. The molecule has 7 heteroatoms. The minimum atomic E-state index is -0.835. The number of aryl methyl sites for hydroxylation is 2. The fourth-order valence-corrected chi connectivity index (χ4v) is 6.36. The van der Waals surface area contributed by atoms with Gasteiger partial charge in [-0.3, -0.25) is 9.59 Å². The number of hydrogen-bond donors (Lipinski definition) is 1. The van der Waals surface area contributed by atoms with Gasteiger partial charge in [-0.05, 0) is 66.0 Å². The summed E-state index contributed by atoms with van der Waals surface area (Å²) < 4.78 is 1.74. The number of carboxylic acids is 1. The number of hydrogen-bond acceptors (Lipinski definition) is 4. The van der Waals surface area contributed by atoms with Crippen molar-refractivity contribution >= 4 is 22.9 Å². The van der Waals surface area contributed by atoms with Crippen LogP contribution in [0, 0.1) is 18.8 Å². The smallest absolute Gasteiger partial charge is 0.304 e. The molecule has 4 atom stereocenters. The van der Waals surface area contributed by atoms with E-state index in [0.717, 1.165) is 60.0 Å². The number of aliphatic carboxylic acids is 1. The lowest BCUT2D eigenvalue weighted by Crippen LogP contribution is -2.35. The third-order valence-electron chi connectivity index (χ3n) is 8.16. The molecule has 4 unspecified atom stereocenters. The summed E-state index contributed by atoms with van der Waals surface area (Å²) in [5.74, 6) is -0.393. The number of carbonyl (C=O) groups is 2. The van der Waals surface area contributed by atoms with Crippen LogP contribution in [0.3, 0.4) is 0 Å². The Morgan fingerprint density at radius 3 is 2.77 bits per heavy atom. The minimum Gasteiger partial charge on any atom is -0.481 e. The minimum absolute atomic E-state index is 0.00430. The van der Waals surface area contributed by atoms with Gasteiger partial charge in [-0.1, -0.05) is 49.7 Å². The summed E-state index contributed by atoms with van der Waals surface area (Å²) in [5.41, 5.74) is 7.14. The molecule has 1 saturated heterocycles.